The van der Waals surface area contributed by atoms with Crippen molar-refractivity contribution in [1.82, 2.24) is 5.32 Å². The molecule has 0 aromatic heterocycles. The number of rotatable bonds is 3. The summed E-state index contributed by atoms with van der Waals surface area (Å²) in [5.74, 6) is 0. The van der Waals surface area contributed by atoms with E-state index in [9.17, 15) is 18.3 Å². The predicted molar refractivity (Wildman–Crippen MR) is 71.5 cm³/mol. The third kappa shape index (κ3) is 2.83. The number of likely N-dealkylation sites (N-methyl/N-ethyl adjacent to an activating group) is 1. The number of halogens is 3. The molecule has 0 heterocycles. The van der Waals surface area contributed by atoms with Crippen LogP contribution in [0.2, 0.25) is 0 Å². The third-order valence-corrected chi connectivity index (χ3v) is 4.27. The number of hydrogen-bond acceptors (Lipinski definition) is 2. The number of aliphatic hydroxyl groups is 1. The lowest BCUT2D eigenvalue weighted by atomic mass is 9.67. The average molecular weight is 287 g/mol. The Hall–Kier alpha value is -1.07. The van der Waals surface area contributed by atoms with Gasteiger partial charge >= 0.3 is 6.18 Å². The van der Waals surface area contributed by atoms with Crippen LogP contribution >= 0.6 is 0 Å². The summed E-state index contributed by atoms with van der Waals surface area (Å²) in [6.45, 7) is 0.569. The van der Waals surface area contributed by atoms with Crippen LogP contribution in [0.5, 0.6) is 0 Å². The van der Waals surface area contributed by atoms with E-state index in [1.54, 1.807) is 7.05 Å². The zero-order valence-electron chi connectivity index (χ0n) is 11.5. The summed E-state index contributed by atoms with van der Waals surface area (Å²) in [5, 5.41) is 13.4. The molecule has 2 atom stereocenters. The Morgan fingerprint density at radius 1 is 1.25 bits per heavy atom. The number of nitrogens with one attached hydrogen (secondary N) is 1. The lowest BCUT2D eigenvalue weighted by Crippen LogP contribution is -2.48. The molecule has 2 nitrogen and oxygen atoms in total. The largest absolute Gasteiger partial charge is 0.416 e. The van der Waals surface area contributed by atoms with E-state index in [1.807, 2.05) is 0 Å². The number of alkyl halides is 3. The van der Waals surface area contributed by atoms with Crippen LogP contribution in [-0.4, -0.2) is 24.8 Å². The van der Waals surface area contributed by atoms with Crippen molar-refractivity contribution in [2.75, 3.05) is 13.6 Å². The highest BCUT2D eigenvalue weighted by Crippen LogP contribution is 2.40. The van der Waals surface area contributed by atoms with Gasteiger partial charge in [0, 0.05) is 12.0 Å². The molecule has 112 valence electrons. The van der Waals surface area contributed by atoms with Crippen LogP contribution in [0.15, 0.2) is 24.3 Å². The Balaban J connectivity index is 2.34. The third-order valence-electron chi connectivity index (χ3n) is 4.27. The first-order chi connectivity index (χ1) is 9.40. The van der Waals surface area contributed by atoms with Crippen molar-refractivity contribution in [1.29, 1.82) is 0 Å². The Morgan fingerprint density at radius 3 is 2.40 bits per heavy atom. The minimum absolute atomic E-state index is 0.475. The molecule has 0 spiro atoms. The number of aliphatic hydroxyl groups excluding tert-OH is 1. The van der Waals surface area contributed by atoms with Gasteiger partial charge in [-0.25, -0.2) is 0 Å². The summed E-state index contributed by atoms with van der Waals surface area (Å²) in [5.41, 5.74) is -0.338. The summed E-state index contributed by atoms with van der Waals surface area (Å²) in [6.07, 6.45) is -1.39. The van der Waals surface area contributed by atoms with Crippen LogP contribution in [0.4, 0.5) is 13.2 Å². The van der Waals surface area contributed by atoms with Crippen molar-refractivity contribution in [2.24, 2.45) is 0 Å². The van der Waals surface area contributed by atoms with Crippen LogP contribution in [-0.2, 0) is 11.6 Å². The smallest absolute Gasteiger partial charge is 0.392 e. The van der Waals surface area contributed by atoms with Crippen LogP contribution in [0.3, 0.4) is 0 Å². The molecule has 0 unspecified atom stereocenters. The highest BCUT2D eigenvalue weighted by molar-refractivity contribution is 5.33. The first-order valence-electron chi connectivity index (χ1n) is 6.90. The topological polar surface area (TPSA) is 32.3 Å². The quantitative estimate of drug-likeness (QED) is 0.895. The molecule has 0 aliphatic heterocycles. The fourth-order valence-electron chi connectivity index (χ4n) is 3.17. The highest BCUT2D eigenvalue weighted by Gasteiger charge is 2.41. The van der Waals surface area contributed by atoms with Gasteiger partial charge in [0.15, 0.2) is 0 Å². The maximum Gasteiger partial charge on any atom is 0.416 e. The Labute approximate surface area is 117 Å². The van der Waals surface area contributed by atoms with Crippen LogP contribution in [0.1, 0.15) is 36.8 Å². The predicted octanol–water partition coefficient (Wildman–Crippen LogP) is 3.10. The van der Waals surface area contributed by atoms with E-state index in [0.717, 1.165) is 37.0 Å². The van der Waals surface area contributed by atoms with E-state index in [0.29, 0.717) is 13.0 Å². The van der Waals surface area contributed by atoms with Crippen LogP contribution < -0.4 is 5.32 Å². The number of hydrogen-bond donors (Lipinski definition) is 2. The monoisotopic (exact) mass is 287 g/mol. The fraction of sp³-hybridized carbons (Fsp3) is 0.600. The molecular formula is C15H20F3NO. The molecule has 0 amide bonds. The van der Waals surface area contributed by atoms with E-state index in [4.69, 9.17) is 0 Å². The lowest BCUT2D eigenvalue weighted by Gasteiger charge is -2.42. The van der Waals surface area contributed by atoms with Gasteiger partial charge in [0.05, 0.1) is 11.7 Å². The van der Waals surface area contributed by atoms with E-state index in [-0.39, 0.29) is 0 Å². The molecule has 1 aliphatic rings. The van der Waals surface area contributed by atoms with E-state index in [2.05, 4.69) is 5.32 Å². The minimum atomic E-state index is -4.32. The van der Waals surface area contributed by atoms with Gasteiger partial charge in [-0.3, -0.25) is 0 Å². The second kappa shape index (κ2) is 5.74. The van der Waals surface area contributed by atoms with Gasteiger partial charge < -0.3 is 10.4 Å². The summed E-state index contributed by atoms with van der Waals surface area (Å²) in [4.78, 5) is 0. The maximum atomic E-state index is 12.6. The molecule has 0 saturated heterocycles. The first-order valence-corrected chi connectivity index (χ1v) is 6.90. The summed E-state index contributed by atoms with van der Waals surface area (Å²) in [7, 11) is 1.80. The van der Waals surface area contributed by atoms with E-state index < -0.39 is 23.3 Å². The molecule has 1 saturated carbocycles. The van der Waals surface area contributed by atoms with Crippen LogP contribution in [0.25, 0.3) is 0 Å². The summed E-state index contributed by atoms with van der Waals surface area (Å²) >= 11 is 0. The maximum absolute atomic E-state index is 12.6. The average Bonchev–Trinajstić information content (AvgIpc) is 2.41. The van der Waals surface area contributed by atoms with Gasteiger partial charge in [0.2, 0.25) is 0 Å². The van der Waals surface area contributed by atoms with Gasteiger partial charge in [-0.2, -0.15) is 13.2 Å². The molecule has 2 N–H and O–H groups in total. The van der Waals surface area contributed by atoms with Gasteiger partial charge in [-0.1, -0.05) is 25.0 Å². The van der Waals surface area contributed by atoms with Crippen molar-refractivity contribution >= 4 is 0 Å². The standard InChI is InChI=1S/C15H20F3NO/c1-19-10-14(9-3-2-4-13(14)20)11-5-7-12(8-6-11)15(16,17)18/h5-8,13,19-20H,2-4,9-10H2,1H3/t13-,14+/m0/s1. The van der Waals surface area contributed by atoms with Gasteiger partial charge in [0.25, 0.3) is 0 Å². The molecule has 1 fully saturated rings. The molecule has 1 aliphatic carbocycles. The van der Waals surface area contributed by atoms with E-state index in [1.165, 1.54) is 12.1 Å². The highest BCUT2D eigenvalue weighted by atomic mass is 19.4. The first kappa shape index (κ1) is 15.3. The minimum Gasteiger partial charge on any atom is -0.392 e. The molecule has 2 rings (SSSR count). The van der Waals surface area contributed by atoms with Crippen molar-refractivity contribution in [3.8, 4) is 0 Å². The normalized spacial score (nSPS) is 27.6. The summed E-state index contributed by atoms with van der Waals surface area (Å²) in [6, 6.07) is 5.23. The molecule has 0 bridgehead atoms. The summed E-state index contributed by atoms with van der Waals surface area (Å²) < 4.78 is 37.9. The SMILES string of the molecule is CNC[C@@]1(c2ccc(C(F)(F)F)cc2)CCCC[C@@H]1O. The molecular weight excluding hydrogens is 267 g/mol. The Kier molecular flexibility index (Phi) is 4.39. The van der Waals surface area contributed by atoms with Crippen molar-refractivity contribution in [3.63, 3.8) is 0 Å². The molecule has 1 aromatic rings. The van der Waals surface area contributed by atoms with Crippen molar-refractivity contribution in [2.45, 2.75) is 43.4 Å². The molecule has 20 heavy (non-hydrogen) atoms. The van der Waals surface area contributed by atoms with Crippen molar-refractivity contribution in [3.05, 3.63) is 35.4 Å². The molecule has 0 radical (unpaired) electrons. The van der Waals surface area contributed by atoms with Crippen LogP contribution in [0, 0.1) is 0 Å². The zero-order chi connectivity index (χ0) is 14.8. The van der Waals surface area contributed by atoms with Gasteiger partial charge in [-0.15, -0.1) is 0 Å². The molecule has 1 aromatic carbocycles. The fourth-order valence-corrected chi connectivity index (χ4v) is 3.17. The van der Waals surface area contributed by atoms with Gasteiger partial charge in [0.1, 0.15) is 0 Å². The van der Waals surface area contributed by atoms with Crippen molar-refractivity contribution < 1.29 is 18.3 Å². The lowest BCUT2D eigenvalue weighted by molar-refractivity contribution is -0.137. The Bertz CT molecular complexity index is 439. The second-order valence-electron chi connectivity index (χ2n) is 5.52. The van der Waals surface area contributed by atoms with E-state index >= 15 is 0 Å². The Morgan fingerprint density at radius 2 is 1.90 bits per heavy atom. The number of benzene rings is 1. The second-order valence-corrected chi connectivity index (χ2v) is 5.52. The zero-order valence-corrected chi connectivity index (χ0v) is 11.5. The molecule has 5 heteroatoms. The van der Waals surface area contributed by atoms with Gasteiger partial charge in [-0.05, 0) is 37.6 Å².